The van der Waals surface area contributed by atoms with E-state index in [1.165, 1.54) is 0 Å². The molecular weight excluding hydrogens is 180 g/mol. The van der Waals surface area contributed by atoms with E-state index in [0.29, 0.717) is 6.54 Å². The lowest BCUT2D eigenvalue weighted by Crippen LogP contribution is -2.14. The zero-order chi connectivity index (χ0) is 10.1. The van der Waals surface area contributed by atoms with E-state index in [4.69, 9.17) is 0 Å². The molecule has 0 radical (unpaired) electrons. The molecule has 0 unspecified atom stereocenters. The van der Waals surface area contributed by atoms with Crippen molar-refractivity contribution >= 4 is 5.69 Å². The zero-order valence-electron chi connectivity index (χ0n) is 8.06. The summed E-state index contributed by atoms with van der Waals surface area (Å²) in [5, 5.41) is 10.7. The van der Waals surface area contributed by atoms with Gasteiger partial charge in [-0.2, -0.15) is 0 Å². The van der Waals surface area contributed by atoms with Crippen LogP contribution in [0, 0.1) is 10.1 Å². The Hall–Kier alpha value is -1.42. The maximum absolute atomic E-state index is 10.7. The minimum atomic E-state index is -0.294. The van der Waals surface area contributed by atoms with Crippen molar-refractivity contribution in [3.8, 4) is 0 Å². The third-order valence-electron chi connectivity index (χ3n) is 2.67. The molecule has 0 amide bonds. The van der Waals surface area contributed by atoms with Crippen molar-refractivity contribution in [1.29, 1.82) is 0 Å². The Bertz CT molecular complexity index is 376. The fourth-order valence-corrected chi connectivity index (χ4v) is 1.87. The maximum atomic E-state index is 10.7. The molecule has 74 valence electrons. The van der Waals surface area contributed by atoms with Gasteiger partial charge < -0.3 is 0 Å². The number of benzene rings is 1. The van der Waals surface area contributed by atoms with Gasteiger partial charge in [-0.1, -0.05) is 19.1 Å². The first-order valence-corrected chi connectivity index (χ1v) is 4.70. The van der Waals surface area contributed by atoms with Crippen molar-refractivity contribution in [3.63, 3.8) is 0 Å². The highest BCUT2D eigenvalue weighted by Crippen LogP contribution is 2.30. The largest absolute Gasteiger partial charge is 0.295 e. The van der Waals surface area contributed by atoms with Crippen molar-refractivity contribution < 1.29 is 4.92 Å². The number of nitro groups is 1. The van der Waals surface area contributed by atoms with Crippen molar-refractivity contribution in [2.45, 2.75) is 20.0 Å². The Morgan fingerprint density at radius 1 is 1.50 bits per heavy atom. The molecule has 0 aliphatic carbocycles. The van der Waals surface area contributed by atoms with Crippen LogP contribution in [-0.2, 0) is 13.1 Å². The molecule has 0 N–H and O–H groups in total. The van der Waals surface area contributed by atoms with Crippen molar-refractivity contribution in [2.75, 3.05) is 6.54 Å². The van der Waals surface area contributed by atoms with Crippen molar-refractivity contribution in [2.24, 2.45) is 0 Å². The van der Waals surface area contributed by atoms with Gasteiger partial charge in [0.15, 0.2) is 0 Å². The molecule has 1 heterocycles. The number of hydrogen-bond acceptors (Lipinski definition) is 3. The second-order valence-corrected chi connectivity index (χ2v) is 3.48. The number of rotatable bonds is 2. The van der Waals surface area contributed by atoms with Crippen LogP contribution in [0.5, 0.6) is 0 Å². The minimum Gasteiger partial charge on any atom is -0.295 e. The molecule has 0 bridgehead atoms. The molecule has 0 fully saturated rings. The van der Waals surface area contributed by atoms with E-state index in [1.807, 2.05) is 6.07 Å². The van der Waals surface area contributed by atoms with E-state index in [9.17, 15) is 10.1 Å². The smallest absolute Gasteiger partial charge is 0.274 e. The fraction of sp³-hybridized carbons (Fsp3) is 0.400. The van der Waals surface area contributed by atoms with Crippen molar-refractivity contribution in [3.05, 3.63) is 39.4 Å². The monoisotopic (exact) mass is 192 g/mol. The van der Waals surface area contributed by atoms with Gasteiger partial charge in [0.2, 0.25) is 0 Å². The number of nitro benzene ring substituents is 1. The Kier molecular flexibility index (Phi) is 2.21. The summed E-state index contributed by atoms with van der Waals surface area (Å²) in [6, 6.07) is 5.31. The van der Waals surface area contributed by atoms with Gasteiger partial charge in [0.25, 0.3) is 5.69 Å². The summed E-state index contributed by atoms with van der Waals surface area (Å²) < 4.78 is 0. The van der Waals surface area contributed by atoms with Crippen LogP contribution in [0.3, 0.4) is 0 Å². The molecule has 4 nitrogen and oxygen atoms in total. The van der Waals surface area contributed by atoms with Crippen LogP contribution in [0.4, 0.5) is 5.69 Å². The summed E-state index contributed by atoms with van der Waals surface area (Å²) in [7, 11) is 0. The number of fused-ring (bicyclic) bond motifs is 1. The molecule has 1 aromatic rings. The molecular formula is C10H12N2O2. The summed E-state index contributed by atoms with van der Waals surface area (Å²) in [4.78, 5) is 12.6. The van der Waals surface area contributed by atoms with E-state index in [2.05, 4.69) is 11.8 Å². The number of nitrogens with zero attached hydrogens (tertiary/aromatic N) is 2. The van der Waals surface area contributed by atoms with E-state index < -0.39 is 0 Å². The van der Waals surface area contributed by atoms with Crippen molar-refractivity contribution in [1.82, 2.24) is 4.90 Å². The normalized spacial score (nSPS) is 15.5. The summed E-state index contributed by atoms with van der Waals surface area (Å²) in [6.07, 6.45) is 0. The zero-order valence-corrected chi connectivity index (χ0v) is 8.06. The quantitative estimate of drug-likeness (QED) is 0.531. The third-order valence-corrected chi connectivity index (χ3v) is 2.67. The average molecular weight is 192 g/mol. The van der Waals surface area contributed by atoms with Gasteiger partial charge in [-0.15, -0.1) is 0 Å². The van der Waals surface area contributed by atoms with Crippen LogP contribution >= 0.6 is 0 Å². The molecule has 0 spiro atoms. The summed E-state index contributed by atoms with van der Waals surface area (Å²) in [6.45, 7) is 4.56. The summed E-state index contributed by atoms with van der Waals surface area (Å²) >= 11 is 0. The Morgan fingerprint density at radius 2 is 2.29 bits per heavy atom. The third kappa shape index (κ3) is 1.37. The van der Waals surface area contributed by atoms with Crippen LogP contribution in [0.2, 0.25) is 0 Å². The SMILES string of the molecule is CCN1Cc2cccc([N+](=O)[O-])c2C1. The first-order valence-electron chi connectivity index (χ1n) is 4.70. The average Bonchev–Trinajstić information content (AvgIpc) is 2.59. The first kappa shape index (κ1) is 9.15. The van der Waals surface area contributed by atoms with Crippen LogP contribution < -0.4 is 0 Å². The van der Waals surface area contributed by atoms with Crippen LogP contribution in [0.25, 0.3) is 0 Å². The second-order valence-electron chi connectivity index (χ2n) is 3.48. The van der Waals surface area contributed by atoms with Gasteiger partial charge in [0, 0.05) is 24.7 Å². The predicted molar refractivity (Wildman–Crippen MR) is 52.9 cm³/mol. The van der Waals surface area contributed by atoms with E-state index in [1.54, 1.807) is 12.1 Å². The predicted octanol–water partition coefficient (Wildman–Crippen LogP) is 1.93. The number of hydrogen-bond donors (Lipinski definition) is 0. The lowest BCUT2D eigenvalue weighted by Gasteiger charge is -2.09. The highest BCUT2D eigenvalue weighted by molar-refractivity contribution is 5.47. The highest BCUT2D eigenvalue weighted by Gasteiger charge is 2.25. The maximum Gasteiger partial charge on any atom is 0.274 e. The Balaban J connectivity index is 2.41. The second kappa shape index (κ2) is 3.38. The van der Waals surface area contributed by atoms with Gasteiger partial charge in [-0.25, -0.2) is 0 Å². The summed E-state index contributed by atoms with van der Waals surface area (Å²) in [5.74, 6) is 0. The molecule has 2 rings (SSSR count). The van der Waals surface area contributed by atoms with Gasteiger partial charge in [-0.3, -0.25) is 15.0 Å². The minimum absolute atomic E-state index is 0.262. The Labute approximate surface area is 82.3 Å². The van der Waals surface area contributed by atoms with Gasteiger partial charge in [-0.05, 0) is 12.1 Å². The standard InChI is InChI=1S/C10H12N2O2/c1-2-11-6-8-4-3-5-10(12(13)14)9(8)7-11/h3-5H,2,6-7H2,1H3. The lowest BCUT2D eigenvalue weighted by molar-refractivity contribution is -0.385. The molecule has 0 saturated heterocycles. The van der Waals surface area contributed by atoms with Gasteiger partial charge in [0.1, 0.15) is 0 Å². The van der Waals surface area contributed by atoms with E-state index in [-0.39, 0.29) is 10.6 Å². The highest BCUT2D eigenvalue weighted by atomic mass is 16.6. The van der Waals surface area contributed by atoms with E-state index >= 15 is 0 Å². The molecule has 1 aromatic carbocycles. The van der Waals surface area contributed by atoms with Gasteiger partial charge in [0.05, 0.1) is 4.92 Å². The Morgan fingerprint density at radius 3 is 2.93 bits per heavy atom. The van der Waals surface area contributed by atoms with Crippen LogP contribution in [0.15, 0.2) is 18.2 Å². The van der Waals surface area contributed by atoms with E-state index in [0.717, 1.165) is 24.2 Å². The summed E-state index contributed by atoms with van der Waals surface area (Å²) in [5.41, 5.74) is 2.25. The molecule has 0 atom stereocenters. The molecule has 0 saturated carbocycles. The van der Waals surface area contributed by atoms with Gasteiger partial charge >= 0.3 is 0 Å². The topological polar surface area (TPSA) is 46.4 Å². The molecule has 0 aromatic heterocycles. The van der Waals surface area contributed by atoms with Crippen LogP contribution in [0.1, 0.15) is 18.1 Å². The molecule has 14 heavy (non-hydrogen) atoms. The van der Waals surface area contributed by atoms with Crippen LogP contribution in [-0.4, -0.2) is 16.4 Å². The molecule has 1 aliphatic rings. The lowest BCUT2D eigenvalue weighted by atomic mass is 10.1. The first-order chi connectivity index (χ1) is 6.72. The molecule has 4 heteroatoms. The fourth-order valence-electron chi connectivity index (χ4n) is 1.87. The molecule has 1 aliphatic heterocycles.